The Morgan fingerprint density at radius 1 is 1.12 bits per heavy atom. The summed E-state index contributed by atoms with van der Waals surface area (Å²) in [5.41, 5.74) is 5.36. The number of benzene rings is 1. The van der Waals surface area contributed by atoms with Gasteiger partial charge in [-0.1, -0.05) is 31.9 Å². The van der Waals surface area contributed by atoms with Gasteiger partial charge < -0.3 is 41.4 Å². The second kappa shape index (κ2) is 21.7. The molecule has 1 aliphatic carbocycles. The number of hydrogen-bond donors (Lipinski definition) is 4. The number of carbonyl (C=O) groups excluding carboxylic acids is 3. The Morgan fingerprint density at radius 2 is 1.90 bits per heavy atom. The molecule has 1 aromatic carbocycles. The number of ether oxygens (including phenoxy) is 1. The van der Waals surface area contributed by atoms with Crippen molar-refractivity contribution in [2.75, 3.05) is 20.3 Å². The molecule has 1 saturated carbocycles. The minimum Gasteiger partial charge on any atom is -0.497 e. The van der Waals surface area contributed by atoms with E-state index in [1.54, 1.807) is 31.9 Å². The number of rotatable bonds is 8. The minimum atomic E-state index is -0.779. The fraction of sp³-hybridized carbons (Fsp3) is 0.606. The third kappa shape index (κ3) is 13.0. The Bertz CT molecular complexity index is 1460. The first kappa shape index (κ1) is 42.8. The Morgan fingerprint density at radius 3 is 2.61 bits per heavy atom. The summed E-state index contributed by atoms with van der Waals surface area (Å²) in [7, 11) is 1.58. The SMILES string of the molecule is CCO[N-]O[C@H]1CCCCC/C=C\[C@H](C)C(C(=O)NSC2CC2)NC(=O)C2CCCN2C1=O.COc1ccc2nc(C)c(=O)[nH]c2c1.N.[Y]. The molecule has 5 rings (SSSR count). The molecule has 16 heteroatoms. The molecule has 0 spiro atoms. The van der Waals surface area contributed by atoms with Gasteiger partial charge in [-0.25, -0.2) is 4.98 Å². The molecule has 2 aromatic rings. The van der Waals surface area contributed by atoms with Crippen LogP contribution in [0.3, 0.4) is 0 Å². The number of aryl methyl sites for hydroxylation is 1. The maximum atomic E-state index is 13.3. The van der Waals surface area contributed by atoms with Crippen molar-refractivity contribution in [1.82, 2.24) is 31.1 Å². The number of amides is 3. The summed E-state index contributed by atoms with van der Waals surface area (Å²) in [4.78, 5) is 69.5. The Hall–Kier alpha value is -2.40. The van der Waals surface area contributed by atoms with Crippen LogP contribution in [0.15, 0.2) is 35.1 Å². The fourth-order valence-corrected chi connectivity index (χ4v) is 6.18. The average molecular weight is 778 g/mol. The van der Waals surface area contributed by atoms with E-state index in [1.165, 1.54) is 11.9 Å². The van der Waals surface area contributed by atoms with Crippen LogP contribution in [0.2, 0.25) is 0 Å². The monoisotopic (exact) mass is 777 g/mol. The quantitative estimate of drug-likeness (QED) is 0.127. The molecule has 1 radical (unpaired) electrons. The van der Waals surface area contributed by atoms with Gasteiger partial charge in [-0.3, -0.25) is 23.9 Å². The van der Waals surface area contributed by atoms with Gasteiger partial charge in [0.25, 0.3) is 17.4 Å². The number of carbonyl (C=O) groups is 3. The zero-order valence-electron chi connectivity index (χ0n) is 28.9. The third-order valence-corrected chi connectivity index (χ3v) is 9.39. The van der Waals surface area contributed by atoms with Crippen molar-refractivity contribution in [3.8, 4) is 5.75 Å². The van der Waals surface area contributed by atoms with E-state index in [0.29, 0.717) is 48.2 Å². The number of hydrogen-bond acceptors (Lipinski definition) is 10. The first-order valence-electron chi connectivity index (χ1n) is 16.5. The number of allylic oxidation sites excluding steroid dienone is 1. The molecule has 49 heavy (non-hydrogen) atoms. The zero-order valence-corrected chi connectivity index (χ0v) is 32.6. The fourth-order valence-electron chi connectivity index (χ4n) is 5.40. The van der Waals surface area contributed by atoms with Crippen LogP contribution >= 0.6 is 11.9 Å². The van der Waals surface area contributed by atoms with E-state index in [4.69, 9.17) is 14.4 Å². The molecule has 269 valence electrons. The van der Waals surface area contributed by atoms with Crippen molar-refractivity contribution in [2.45, 2.75) is 102 Å². The van der Waals surface area contributed by atoms with Crippen LogP contribution in [-0.4, -0.2) is 76.3 Å². The Kier molecular flexibility index (Phi) is 19.0. The molecular weight excluding hydrogens is 727 g/mol. The van der Waals surface area contributed by atoms with Crippen molar-refractivity contribution < 1.29 is 61.5 Å². The normalized spacial score (nSPS) is 23.6. The van der Waals surface area contributed by atoms with Crippen LogP contribution in [-0.2, 0) is 56.8 Å². The van der Waals surface area contributed by atoms with Crippen molar-refractivity contribution in [3.63, 3.8) is 0 Å². The Balaban J connectivity index is 0.000000436. The molecule has 1 saturated heterocycles. The van der Waals surface area contributed by atoms with Gasteiger partial charge in [0.2, 0.25) is 5.91 Å². The van der Waals surface area contributed by atoms with Crippen LogP contribution < -0.4 is 26.5 Å². The second-order valence-corrected chi connectivity index (χ2v) is 13.1. The largest absolute Gasteiger partial charge is 0.497 e. The summed E-state index contributed by atoms with van der Waals surface area (Å²) in [6.07, 6.45) is 10.9. The number of methoxy groups -OCH3 is 1. The first-order chi connectivity index (χ1) is 22.7. The van der Waals surface area contributed by atoms with Crippen LogP contribution in [0.25, 0.3) is 16.7 Å². The van der Waals surface area contributed by atoms with E-state index in [2.05, 4.69) is 31.7 Å². The number of H-pyrrole nitrogens is 1. The Labute approximate surface area is 317 Å². The summed E-state index contributed by atoms with van der Waals surface area (Å²) in [6.45, 7) is 6.24. The van der Waals surface area contributed by atoms with Crippen molar-refractivity contribution in [3.05, 3.63) is 52.0 Å². The first-order valence-corrected chi connectivity index (χ1v) is 17.4. The van der Waals surface area contributed by atoms with Crippen molar-refractivity contribution >= 4 is 40.7 Å². The predicted octanol–water partition coefficient (Wildman–Crippen LogP) is 4.57. The van der Waals surface area contributed by atoms with E-state index >= 15 is 0 Å². The topological polar surface area (TPSA) is 201 Å². The number of aromatic nitrogens is 2. The van der Waals surface area contributed by atoms with Crippen LogP contribution in [0.5, 0.6) is 5.75 Å². The summed E-state index contributed by atoms with van der Waals surface area (Å²) in [6, 6.07) is 4.07. The van der Waals surface area contributed by atoms with Gasteiger partial charge >= 0.3 is 0 Å². The molecule has 0 bridgehead atoms. The van der Waals surface area contributed by atoms with Gasteiger partial charge in [-0.2, -0.15) is 0 Å². The minimum absolute atomic E-state index is 0. The summed E-state index contributed by atoms with van der Waals surface area (Å²) in [5, 5.41) is 3.41. The number of fused-ring (bicyclic) bond motifs is 2. The summed E-state index contributed by atoms with van der Waals surface area (Å²) in [5.74, 6) is -0.200. The van der Waals surface area contributed by atoms with Gasteiger partial charge in [-0.05, 0) is 82.9 Å². The average Bonchev–Trinajstić information content (AvgIpc) is 3.77. The molecule has 2 unspecified atom stereocenters. The molecule has 2 fully saturated rings. The van der Waals surface area contributed by atoms with E-state index in [1.807, 2.05) is 25.1 Å². The molecule has 1 aromatic heterocycles. The smallest absolute Gasteiger partial charge is 0.269 e. The molecule has 6 N–H and O–H groups in total. The molecule has 3 heterocycles. The zero-order chi connectivity index (χ0) is 33.8. The van der Waals surface area contributed by atoms with E-state index in [9.17, 15) is 19.2 Å². The van der Waals surface area contributed by atoms with E-state index < -0.39 is 18.2 Å². The molecule has 14 nitrogen and oxygen atoms in total. The molecule has 3 amide bonds. The number of aromatic amines is 1. The molecule has 4 atom stereocenters. The summed E-state index contributed by atoms with van der Waals surface area (Å²) >= 11 is 1.44. The maximum Gasteiger partial charge on any atom is 0.269 e. The van der Waals surface area contributed by atoms with Crippen LogP contribution in [0.1, 0.15) is 77.3 Å². The standard InChI is InChI=1S/C23H37N4O5S.C10H10N2O2.H3N.Y/c1-3-31-26-32-19-12-8-6-4-5-7-10-16(2)20(22(29)25-33-17-13-14-17)24-21(28)18-11-9-15-27(18)23(19)30;1-6-10(13)12-9-5-7(14-2)3-4-8(9)11-6;;/h7,10,16-20H,3-6,8-9,11-15H2,1-2H3,(H,24,28)(H,25,29);3-5H,1-2H3,(H,12,13);1H3;/q-1;;;/b10-7-;;;/t16-,18?,19-,20?;;;/m0.../s1. The van der Waals surface area contributed by atoms with Gasteiger partial charge in [0.1, 0.15) is 29.6 Å². The van der Waals surface area contributed by atoms with Crippen LogP contribution in [0, 0.1) is 12.8 Å². The number of nitrogens with one attached hydrogen (secondary N) is 3. The van der Waals surface area contributed by atoms with Gasteiger partial charge in [0, 0.05) is 63.1 Å². The van der Waals surface area contributed by atoms with E-state index in [0.717, 1.165) is 50.5 Å². The van der Waals surface area contributed by atoms with Crippen molar-refractivity contribution in [2.24, 2.45) is 5.92 Å². The number of nitrogens with zero attached hydrogens (tertiary/aromatic N) is 3. The second-order valence-electron chi connectivity index (χ2n) is 12.0. The molecule has 3 aliphatic rings. The van der Waals surface area contributed by atoms with E-state index in [-0.39, 0.29) is 68.1 Å². The summed E-state index contributed by atoms with van der Waals surface area (Å²) < 4.78 is 7.96. The van der Waals surface area contributed by atoms with Gasteiger partial charge in [-0.15, -0.1) is 0 Å². The predicted molar refractivity (Wildman–Crippen MR) is 185 cm³/mol. The molecule has 2 aliphatic heterocycles. The maximum absolute atomic E-state index is 13.3. The van der Waals surface area contributed by atoms with Gasteiger partial charge in [0.15, 0.2) is 0 Å². The van der Waals surface area contributed by atoms with Crippen molar-refractivity contribution in [1.29, 1.82) is 0 Å². The third-order valence-electron chi connectivity index (χ3n) is 8.27. The van der Waals surface area contributed by atoms with Crippen LogP contribution in [0.4, 0.5) is 0 Å². The molecular formula is C33H50N7O7SY-. The van der Waals surface area contributed by atoms with Gasteiger partial charge in [0.05, 0.1) is 18.1 Å².